The predicted octanol–water partition coefficient (Wildman–Crippen LogP) is 1.68. The minimum absolute atomic E-state index is 0.0290. The van der Waals surface area contributed by atoms with Gasteiger partial charge in [-0.3, -0.25) is 9.59 Å². The van der Waals surface area contributed by atoms with Crippen LogP contribution in [-0.4, -0.2) is 44.2 Å². The maximum atomic E-state index is 12.5. The fourth-order valence-corrected chi connectivity index (χ4v) is 4.43. The lowest BCUT2D eigenvalue weighted by molar-refractivity contribution is -0.908. The second kappa shape index (κ2) is 10.5. The number of carbonyl (C=O) groups is 2. The molecular weight excluding hydrogens is 386 g/mol. The topological polar surface area (TPSA) is 71.9 Å². The Bertz CT molecular complexity index is 796. The molecule has 0 aliphatic carbocycles. The van der Waals surface area contributed by atoms with Gasteiger partial charge in [0.05, 0.1) is 11.4 Å². The number of aryl methyl sites for hydroxylation is 2. The van der Waals surface area contributed by atoms with E-state index in [2.05, 4.69) is 22.1 Å². The van der Waals surface area contributed by atoms with Gasteiger partial charge in [-0.2, -0.15) is 0 Å². The molecule has 2 amide bonds. The van der Waals surface area contributed by atoms with E-state index in [9.17, 15) is 9.59 Å². The Morgan fingerprint density at radius 1 is 1.17 bits per heavy atom. The highest BCUT2D eigenvalue weighted by atomic mass is 32.1. The Balaban J connectivity index is 1.50. The summed E-state index contributed by atoms with van der Waals surface area (Å²) in [6.07, 6.45) is 2.35. The van der Waals surface area contributed by atoms with E-state index in [4.69, 9.17) is 4.74 Å². The fraction of sp³-hybridized carbons (Fsp3) is 0.455. The first-order valence-electron chi connectivity index (χ1n) is 10.1. The van der Waals surface area contributed by atoms with E-state index in [1.54, 1.807) is 11.3 Å². The van der Waals surface area contributed by atoms with Crippen molar-refractivity contribution in [1.82, 2.24) is 5.32 Å². The molecule has 1 saturated heterocycles. The molecule has 1 aromatic carbocycles. The Kier molecular flexibility index (Phi) is 7.80. The van der Waals surface area contributed by atoms with Gasteiger partial charge in [0, 0.05) is 12.3 Å². The fourth-order valence-electron chi connectivity index (χ4n) is 3.66. The van der Waals surface area contributed by atoms with Crippen molar-refractivity contribution in [3.05, 3.63) is 51.7 Å². The molecule has 1 aromatic heterocycles. The van der Waals surface area contributed by atoms with Gasteiger partial charge in [-0.05, 0) is 49.3 Å². The first-order chi connectivity index (χ1) is 14.0. The summed E-state index contributed by atoms with van der Waals surface area (Å²) in [6, 6.07) is 10.00. The molecule has 1 unspecified atom stereocenters. The van der Waals surface area contributed by atoms with Crippen molar-refractivity contribution in [2.75, 3.05) is 31.6 Å². The van der Waals surface area contributed by atoms with Crippen molar-refractivity contribution in [1.29, 1.82) is 0 Å². The van der Waals surface area contributed by atoms with Crippen molar-refractivity contribution >= 4 is 28.8 Å². The molecule has 156 valence electrons. The van der Waals surface area contributed by atoms with Gasteiger partial charge in [-0.1, -0.05) is 24.3 Å². The largest absolute Gasteiger partial charge is 0.372 e. The van der Waals surface area contributed by atoms with Gasteiger partial charge >= 0.3 is 0 Å². The number of hydrogen-bond acceptors (Lipinski definition) is 4. The van der Waals surface area contributed by atoms with Crippen LogP contribution in [0.15, 0.2) is 35.7 Å². The number of benzene rings is 1. The molecule has 29 heavy (non-hydrogen) atoms. The second-order valence-corrected chi connectivity index (χ2v) is 8.65. The van der Waals surface area contributed by atoms with Crippen LogP contribution in [0.2, 0.25) is 0 Å². The van der Waals surface area contributed by atoms with E-state index in [1.807, 2.05) is 38.1 Å². The second-order valence-electron chi connectivity index (χ2n) is 7.61. The van der Waals surface area contributed by atoms with Crippen LogP contribution in [0.5, 0.6) is 0 Å². The SMILES string of the molecule is Cc1cccc(C)c1NC(=O)CNC(=O)C[NH+](Cc1cccs1)C[C@@H]1CCCO1. The molecule has 7 heteroatoms. The van der Waals surface area contributed by atoms with Crippen molar-refractivity contribution in [3.63, 3.8) is 0 Å². The van der Waals surface area contributed by atoms with Gasteiger partial charge in [0.25, 0.3) is 5.91 Å². The van der Waals surface area contributed by atoms with Crippen molar-refractivity contribution in [2.24, 2.45) is 0 Å². The zero-order valence-electron chi connectivity index (χ0n) is 17.1. The molecule has 2 atom stereocenters. The minimum Gasteiger partial charge on any atom is -0.372 e. The van der Waals surface area contributed by atoms with Crippen LogP contribution in [0, 0.1) is 13.8 Å². The monoisotopic (exact) mass is 416 g/mol. The minimum atomic E-state index is -0.213. The Hall–Kier alpha value is -2.22. The van der Waals surface area contributed by atoms with E-state index in [1.165, 1.54) is 4.88 Å². The van der Waals surface area contributed by atoms with Gasteiger partial charge < -0.3 is 20.3 Å². The number of anilines is 1. The van der Waals surface area contributed by atoms with Crippen molar-refractivity contribution in [2.45, 2.75) is 39.3 Å². The van der Waals surface area contributed by atoms with Crippen LogP contribution < -0.4 is 15.5 Å². The predicted molar refractivity (Wildman–Crippen MR) is 115 cm³/mol. The summed E-state index contributed by atoms with van der Waals surface area (Å²) in [4.78, 5) is 27.2. The highest BCUT2D eigenvalue weighted by Crippen LogP contribution is 2.19. The number of ether oxygens (including phenoxy) is 1. The molecule has 0 bridgehead atoms. The van der Waals surface area contributed by atoms with E-state index in [0.717, 1.165) is 54.3 Å². The number of rotatable bonds is 9. The van der Waals surface area contributed by atoms with Crippen LogP contribution in [0.4, 0.5) is 5.69 Å². The quantitative estimate of drug-likeness (QED) is 0.583. The molecule has 0 saturated carbocycles. The van der Waals surface area contributed by atoms with Gasteiger partial charge in [0.15, 0.2) is 6.54 Å². The van der Waals surface area contributed by atoms with Gasteiger partial charge in [-0.15, -0.1) is 11.3 Å². The molecule has 2 heterocycles. The number of para-hydroxylation sites is 1. The Morgan fingerprint density at radius 2 is 1.97 bits per heavy atom. The third kappa shape index (κ3) is 6.66. The molecule has 6 nitrogen and oxygen atoms in total. The molecule has 0 spiro atoms. The van der Waals surface area contributed by atoms with Crippen molar-refractivity contribution < 1.29 is 19.2 Å². The summed E-state index contributed by atoms with van der Waals surface area (Å²) in [7, 11) is 0. The molecule has 2 aromatic rings. The lowest BCUT2D eigenvalue weighted by Crippen LogP contribution is -3.13. The number of hydrogen-bond donors (Lipinski definition) is 3. The molecular formula is C22H30N3O3S+. The van der Waals surface area contributed by atoms with Crippen LogP contribution in [0.1, 0.15) is 28.8 Å². The summed E-state index contributed by atoms with van der Waals surface area (Å²) in [5.41, 5.74) is 2.83. The first kappa shape index (κ1) is 21.5. The first-order valence-corrected chi connectivity index (χ1v) is 11.0. The molecule has 0 radical (unpaired) electrons. The summed E-state index contributed by atoms with van der Waals surface area (Å²) in [5.74, 6) is -0.333. The highest BCUT2D eigenvalue weighted by Gasteiger charge is 2.24. The number of carbonyl (C=O) groups excluding carboxylic acids is 2. The summed E-state index contributed by atoms with van der Waals surface area (Å²) < 4.78 is 5.76. The van der Waals surface area contributed by atoms with Crippen LogP contribution in [0.3, 0.4) is 0 Å². The Labute approximate surface area is 176 Å². The number of quaternary nitrogens is 1. The smallest absolute Gasteiger partial charge is 0.275 e. The van der Waals surface area contributed by atoms with Crippen LogP contribution >= 0.6 is 11.3 Å². The normalized spacial score (nSPS) is 17.1. The lowest BCUT2D eigenvalue weighted by Gasteiger charge is -2.21. The zero-order chi connectivity index (χ0) is 20.6. The third-order valence-corrected chi connectivity index (χ3v) is 6.02. The van der Waals surface area contributed by atoms with Gasteiger partial charge in [0.1, 0.15) is 19.2 Å². The summed E-state index contributed by atoms with van der Waals surface area (Å²) in [6.45, 7) is 6.62. The van der Waals surface area contributed by atoms with Crippen LogP contribution in [0.25, 0.3) is 0 Å². The molecule has 1 aliphatic rings. The highest BCUT2D eigenvalue weighted by molar-refractivity contribution is 7.09. The summed E-state index contributed by atoms with van der Waals surface area (Å²) >= 11 is 1.70. The van der Waals surface area contributed by atoms with Gasteiger partial charge in [0.2, 0.25) is 5.91 Å². The summed E-state index contributed by atoms with van der Waals surface area (Å²) in [5, 5.41) is 7.72. The molecule has 3 N–H and O–H groups in total. The van der Waals surface area contributed by atoms with E-state index in [0.29, 0.717) is 6.54 Å². The maximum Gasteiger partial charge on any atom is 0.275 e. The Morgan fingerprint density at radius 3 is 2.62 bits per heavy atom. The molecule has 1 fully saturated rings. The van der Waals surface area contributed by atoms with Crippen molar-refractivity contribution in [3.8, 4) is 0 Å². The lowest BCUT2D eigenvalue weighted by atomic mass is 10.1. The average Bonchev–Trinajstić information content (AvgIpc) is 3.37. The molecule has 3 rings (SSSR count). The number of nitrogens with one attached hydrogen (secondary N) is 3. The number of thiophene rings is 1. The van der Waals surface area contributed by atoms with E-state index in [-0.39, 0.29) is 24.5 Å². The average molecular weight is 417 g/mol. The standard InChI is InChI=1S/C22H29N3O3S/c1-16-6-3-7-17(2)22(16)24-20(26)12-23-21(27)15-25(13-18-8-4-10-28-18)14-19-9-5-11-29-19/h3,5-7,9,11,18H,4,8,10,12-15H2,1-2H3,(H,23,27)(H,24,26)/p+1/t18-/m0/s1. The number of amides is 2. The van der Waals surface area contributed by atoms with E-state index < -0.39 is 0 Å². The maximum absolute atomic E-state index is 12.5. The van der Waals surface area contributed by atoms with Crippen LogP contribution in [-0.2, 0) is 20.9 Å². The zero-order valence-corrected chi connectivity index (χ0v) is 17.9. The van der Waals surface area contributed by atoms with Gasteiger partial charge in [-0.25, -0.2) is 0 Å². The third-order valence-electron chi connectivity index (χ3n) is 5.15. The molecule has 1 aliphatic heterocycles. The van der Waals surface area contributed by atoms with E-state index >= 15 is 0 Å².